The Morgan fingerprint density at radius 2 is 2.20 bits per heavy atom. The third-order valence-electron chi connectivity index (χ3n) is 2.56. The predicted octanol–water partition coefficient (Wildman–Crippen LogP) is 1.31. The van der Waals surface area contributed by atoms with Gasteiger partial charge in [-0.1, -0.05) is 0 Å². The van der Waals surface area contributed by atoms with Crippen LogP contribution >= 0.6 is 0 Å². The van der Waals surface area contributed by atoms with E-state index in [0.717, 1.165) is 11.3 Å². The highest BCUT2D eigenvalue weighted by molar-refractivity contribution is 5.95. The van der Waals surface area contributed by atoms with E-state index in [9.17, 15) is 9.59 Å². The second-order valence-electron chi connectivity index (χ2n) is 3.67. The number of nitrogens with one attached hydrogen (secondary N) is 1. The van der Waals surface area contributed by atoms with E-state index < -0.39 is 12.0 Å². The van der Waals surface area contributed by atoms with Crippen LogP contribution in [0.25, 0.3) is 0 Å². The van der Waals surface area contributed by atoms with Crippen molar-refractivity contribution in [3.63, 3.8) is 0 Å². The molecule has 0 saturated heterocycles. The van der Waals surface area contributed by atoms with Crippen LogP contribution < -0.4 is 5.32 Å². The topological polar surface area (TPSA) is 66.4 Å². The molecule has 0 bridgehead atoms. The van der Waals surface area contributed by atoms with E-state index in [-0.39, 0.29) is 5.78 Å². The number of carbonyl (C=O) groups is 2. The molecule has 0 saturated carbocycles. The number of benzene rings is 1. The van der Waals surface area contributed by atoms with E-state index in [1.807, 2.05) is 0 Å². The molecule has 4 heteroatoms. The van der Waals surface area contributed by atoms with Crippen molar-refractivity contribution in [3.05, 3.63) is 29.3 Å². The Kier molecular flexibility index (Phi) is 2.19. The molecule has 1 aromatic carbocycles. The maximum atomic E-state index is 11.1. The minimum atomic E-state index is -0.865. The highest BCUT2D eigenvalue weighted by Crippen LogP contribution is 2.26. The molecule has 0 spiro atoms. The Morgan fingerprint density at radius 3 is 2.80 bits per heavy atom. The van der Waals surface area contributed by atoms with Crippen LogP contribution in [0.1, 0.15) is 22.8 Å². The average Bonchev–Trinajstić information content (AvgIpc) is 2.59. The molecule has 1 aromatic rings. The van der Waals surface area contributed by atoms with E-state index in [4.69, 9.17) is 5.11 Å². The standard InChI is InChI=1S/C11H11NO3/c1-6(13)7-2-3-9-8(4-7)5-10(12-9)11(14)15/h2-4,10,12H,5H2,1H3,(H,14,15). The lowest BCUT2D eigenvalue weighted by Gasteiger charge is -2.03. The zero-order valence-corrected chi connectivity index (χ0v) is 8.28. The molecule has 0 amide bonds. The highest BCUT2D eigenvalue weighted by Gasteiger charge is 2.26. The molecular weight excluding hydrogens is 194 g/mol. The number of Topliss-reactive ketones (excluding diaryl/α,β-unsaturated/α-hetero) is 1. The van der Waals surface area contributed by atoms with Crippen molar-refractivity contribution < 1.29 is 14.7 Å². The first-order valence-corrected chi connectivity index (χ1v) is 4.71. The quantitative estimate of drug-likeness (QED) is 0.714. The molecule has 0 radical (unpaired) electrons. The van der Waals surface area contributed by atoms with Crippen LogP contribution in [-0.2, 0) is 11.2 Å². The molecule has 1 aliphatic rings. The number of carboxylic acid groups (broad SMARTS) is 1. The van der Waals surface area contributed by atoms with Crippen LogP contribution in [0.15, 0.2) is 18.2 Å². The summed E-state index contributed by atoms with van der Waals surface area (Å²) in [7, 11) is 0. The summed E-state index contributed by atoms with van der Waals surface area (Å²) in [5, 5.41) is 11.7. The molecule has 0 aliphatic carbocycles. The van der Waals surface area contributed by atoms with Crippen molar-refractivity contribution in [1.29, 1.82) is 0 Å². The SMILES string of the molecule is CC(=O)c1ccc2c(c1)CC(C(=O)O)N2. The molecule has 1 atom stereocenters. The molecule has 15 heavy (non-hydrogen) atoms. The summed E-state index contributed by atoms with van der Waals surface area (Å²) in [4.78, 5) is 21.9. The van der Waals surface area contributed by atoms with Crippen LogP contribution in [0.2, 0.25) is 0 Å². The first-order chi connectivity index (χ1) is 7.08. The number of rotatable bonds is 2. The van der Waals surface area contributed by atoms with Crippen LogP contribution in [0.3, 0.4) is 0 Å². The first-order valence-electron chi connectivity index (χ1n) is 4.71. The van der Waals surface area contributed by atoms with Gasteiger partial charge in [-0.25, -0.2) is 4.79 Å². The number of carbonyl (C=O) groups excluding carboxylic acids is 1. The van der Waals surface area contributed by atoms with Gasteiger partial charge in [-0.2, -0.15) is 0 Å². The zero-order chi connectivity index (χ0) is 11.0. The fourth-order valence-electron chi connectivity index (χ4n) is 1.73. The van der Waals surface area contributed by atoms with Gasteiger partial charge in [0.25, 0.3) is 0 Å². The number of fused-ring (bicyclic) bond motifs is 1. The van der Waals surface area contributed by atoms with Gasteiger partial charge in [-0.15, -0.1) is 0 Å². The van der Waals surface area contributed by atoms with E-state index >= 15 is 0 Å². The Bertz CT molecular complexity index is 439. The summed E-state index contributed by atoms with van der Waals surface area (Å²) in [6.45, 7) is 1.50. The fraction of sp³-hybridized carbons (Fsp3) is 0.273. The third kappa shape index (κ3) is 1.70. The van der Waals surface area contributed by atoms with Gasteiger partial charge in [0, 0.05) is 17.7 Å². The minimum Gasteiger partial charge on any atom is -0.480 e. The molecule has 1 heterocycles. The van der Waals surface area contributed by atoms with Crippen LogP contribution in [-0.4, -0.2) is 22.9 Å². The Hall–Kier alpha value is -1.84. The zero-order valence-electron chi connectivity index (χ0n) is 8.28. The number of carboxylic acids is 1. The average molecular weight is 205 g/mol. The number of hydrogen-bond acceptors (Lipinski definition) is 3. The van der Waals surface area contributed by atoms with E-state index in [1.165, 1.54) is 6.92 Å². The van der Waals surface area contributed by atoms with Crippen LogP contribution in [0.4, 0.5) is 5.69 Å². The van der Waals surface area contributed by atoms with Gasteiger partial charge in [-0.3, -0.25) is 4.79 Å². The summed E-state index contributed by atoms with van der Waals surface area (Å²) in [5.74, 6) is -0.868. The summed E-state index contributed by atoms with van der Waals surface area (Å²) in [6.07, 6.45) is 0.436. The van der Waals surface area contributed by atoms with Crippen LogP contribution in [0.5, 0.6) is 0 Å². The lowest BCUT2D eigenvalue weighted by molar-refractivity contribution is -0.137. The normalized spacial score (nSPS) is 18.1. The lowest BCUT2D eigenvalue weighted by atomic mass is 10.0. The summed E-state index contributed by atoms with van der Waals surface area (Å²) < 4.78 is 0. The number of anilines is 1. The van der Waals surface area contributed by atoms with Crippen LogP contribution in [0, 0.1) is 0 Å². The Morgan fingerprint density at radius 1 is 1.47 bits per heavy atom. The summed E-state index contributed by atoms with van der Waals surface area (Å²) in [6, 6.07) is 4.66. The van der Waals surface area contributed by atoms with Crippen molar-refractivity contribution in [2.75, 3.05) is 5.32 Å². The molecule has 1 aliphatic heterocycles. The smallest absolute Gasteiger partial charge is 0.326 e. The maximum Gasteiger partial charge on any atom is 0.326 e. The molecule has 4 nitrogen and oxygen atoms in total. The van der Waals surface area contributed by atoms with Gasteiger partial charge in [0.1, 0.15) is 6.04 Å². The molecular formula is C11H11NO3. The number of aliphatic carboxylic acids is 1. The van der Waals surface area contributed by atoms with Crippen molar-refractivity contribution in [3.8, 4) is 0 Å². The van der Waals surface area contributed by atoms with Gasteiger partial charge in [-0.05, 0) is 30.7 Å². The van der Waals surface area contributed by atoms with Gasteiger partial charge in [0.2, 0.25) is 0 Å². The van der Waals surface area contributed by atoms with Crippen molar-refractivity contribution in [1.82, 2.24) is 0 Å². The summed E-state index contributed by atoms with van der Waals surface area (Å²) in [5.41, 5.74) is 2.34. The molecule has 1 unspecified atom stereocenters. The monoisotopic (exact) mass is 205 g/mol. The first kappa shape index (κ1) is 9.71. The van der Waals surface area contributed by atoms with Crippen molar-refractivity contribution in [2.24, 2.45) is 0 Å². The third-order valence-corrected chi connectivity index (χ3v) is 2.56. The second-order valence-corrected chi connectivity index (χ2v) is 3.67. The van der Waals surface area contributed by atoms with Gasteiger partial charge in [0.15, 0.2) is 5.78 Å². The van der Waals surface area contributed by atoms with Gasteiger partial charge >= 0.3 is 5.97 Å². The van der Waals surface area contributed by atoms with Crippen molar-refractivity contribution >= 4 is 17.4 Å². The molecule has 2 rings (SSSR count). The summed E-state index contributed by atoms with van der Waals surface area (Å²) >= 11 is 0. The van der Waals surface area contributed by atoms with E-state index in [2.05, 4.69) is 5.32 Å². The second kappa shape index (κ2) is 3.38. The number of ketones is 1. The van der Waals surface area contributed by atoms with Gasteiger partial charge < -0.3 is 10.4 Å². The van der Waals surface area contributed by atoms with Crippen molar-refractivity contribution in [2.45, 2.75) is 19.4 Å². The maximum absolute atomic E-state index is 11.1. The highest BCUT2D eigenvalue weighted by atomic mass is 16.4. The van der Waals surface area contributed by atoms with E-state index in [1.54, 1.807) is 18.2 Å². The lowest BCUT2D eigenvalue weighted by Crippen LogP contribution is -2.26. The molecule has 2 N–H and O–H groups in total. The molecule has 0 aromatic heterocycles. The molecule has 78 valence electrons. The fourth-order valence-corrected chi connectivity index (χ4v) is 1.73. The van der Waals surface area contributed by atoms with Gasteiger partial charge in [0.05, 0.1) is 0 Å². The predicted molar refractivity (Wildman–Crippen MR) is 55.2 cm³/mol. The van der Waals surface area contributed by atoms with E-state index in [0.29, 0.717) is 12.0 Å². The minimum absolute atomic E-state index is 0.00317. The largest absolute Gasteiger partial charge is 0.480 e. The molecule has 0 fully saturated rings. The Balaban J connectivity index is 2.31. The Labute approximate surface area is 86.9 Å². The number of hydrogen-bond donors (Lipinski definition) is 2.